The number of pyridine rings is 1. The molecule has 2 amide bonds. The van der Waals surface area contributed by atoms with E-state index in [-0.39, 0.29) is 17.9 Å². The highest BCUT2D eigenvalue weighted by Crippen LogP contribution is 2.21. The molecular weight excluding hydrogens is 346 g/mol. The number of nitrogens with zero attached hydrogens (tertiary/aromatic N) is 4. The lowest BCUT2D eigenvalue weighted by Gasteiger charge is -2.27. The Morgan fingerprint density at radius 3 is 2.67 bits per heavy atom. The van der Waals surface area contributed by atoms with Crippen molar-refractivity contribution in [3.05, 3.63) is 24.0 Å². The first-order valence-corrected chi connectivity index (χ1v) is 9.48. The van der Waals surface area contributed by atoms with E-state index in [0.29, 0.717) is 25.7 Å². The summed E-state index contributed by atoms with van der Waals surface area (Å²) in [6, 6.07) is 3.87. The van der Waals surface area contributed by atoms with E-state index in [4.69, 9.17) is 10.5 Å². The summed E-state index contributed by atoms with van der Waals surface area (Å²) in [6.45, 7) is 9.71. The molecule has 0 aromatic carbocycles. The topological polar surface area (TPSA) is 92.0 Å². The normalized spacial score (nSPS) is 16.8. The number of hydrogen-bond donors (Lipinski definition) is 1. The van der Waals surface area contributed by atoms with Crippen LogP contribution >= 0.6 is 0 Å². The molecule has 1 atom stereocenters. The van der Waals surface area contributed by atoms with Gasteiger partial charge in [-0.15, -0.1) is 0 Å². The van der Waals surface area contributed by atoms with Gasteiger partial charge in [0, 0.05) is 38.6 Å². The molecule has 2 N–H and O–H groups in total. The van der Waals surface area contributed by atoms with Crippen molar-refractivity contribution in [3.63, 3.8) is 0 Å². The molecule has 150 valence electrons. The third-order valence-electron chi connectivity index (χ3n) is 5.02. The zero-order valence-corrected chi connectivity index (χ0v) is 16.7. The summed E-state index contributed by atoms with van der Waals surface area (Å²) < 4.78 is 5.70. The number of amides is 2. The van der Waals surface area contributed by atoms with E-state index in [1.54, 1.807) is 17.2 Å². The lowest BCUT2D eigenvalue weighted by molar-refractivity contribution is 0.0690. The number of anilines is 1. The minimum Gasteiger partial charge on any atom is -0.444 e. The Labute approximate surface area is 161 Å². The molecule has 2 rings (SSSR count). The van der Waals surface area contributed by atoms with E-state index < -0.39 is 5.91 Å². The molecule has 2 heterocycles. The number of hydrogen-bond acceptors (Lipinski definition) is 6. The molecule has 1 aliphatic rings. The Hall–Kier alpha value is -2.35. The lowest BCUT2D eigenvalue weighted by Crippen LogP contribution is -2.41. The quantitative estimate of drug-likeness (QED) is 0.739. The smallest absolute Gasteiger partial charge is 0.410 e. The van der Waals surface area contributed by atoms with E-state index in [0.717, 1.165) is 25.2 Å². The second kappa shape index (κ2) is 9.55. The Kier molecular flexibility index (Phi) is 7.41. The molecular formula is C19H31N5O3. The highest BCUT2D eigenvalue weighted by molar-refractivity contribution is 5.90. The third kappa shape index (κ3) is 5.82. The minimum atomic E-state index is -0.544. The van der Waals surface area contributed by atoms with Gasteiger partial charge in [-0.1, -0.05) is 0 Å². The molecule has 1 aliphatic heterocycles. The van der Waals surface area contributed by atoms with Crippen LogP contribution in [0, 0.1) is 0 Å². The lowest BCUT2D eigenvalue weighted by atomic mass is 10.3. The van der Waals surface area contributed by atoms with Gasteiger partial charge in [0.05, 0.1) is 18.4 Å². The standard InChI is InChI=1S/C19H31N5O3/c1-5-23(11-10-22(4)14(2)3)19(26)27-16-8-9-24(13-16)15-6-7-17(18(20)25)21-12-15/h6-7,12,14,16H,5,8-11,13H2,1-4H3,(H2,20,25). The van der Waals surface area contributed by atoms with Crippen molar-refractivity contribution in [2.45, 2.75) is 39.3 Å². The van der Waals surface area contributed by atoms with Gasteiger partial charge in [-0.05, 0) is 40.0 Å². The number of aromatic nitrogens is 1. The number of ether oxygens (including phenoxy) is 1. The maximum absolute atomic E-state index is 12.5. The van der Waals surface area contributed by atoms with Crippen LogP contribution in [0.25, 0.3) is 0 Å². The molecule has 1 aromatic heterocycles. The second-order valence-electron chi connectivity index (χ2n) is 7.16. The molecule has 0 aliphatic carbocycles. The van der Waals surface area contributed by atoms with Crippen molar-refractivity contribution < 1.29 is 14.3 Å². The fourth-order valence-corrected chi connectivity index (χ4v) is 2.91. The molecule has 1 fully saturated rings. The zero-order valence-electron chi connectivity index (χ0n) is 16.7. The molecule has 1 saturated heterocycles. The van der Waals surface area contributed by atoms with Gasteiger partial charge in [0.25, 0.3) is 5.91 Å². The second-order valence-corrected chi connectivity index (χ2v) is 7.16. The summed E-state index contributed by atoms with van der Waals surface area (Å²) in [6.07, 6.45) is 1.99. The van der Waals surface area contributed by atoms with Gasteiger partial charge in [0.15, 0.2) is 0 Å². The fraction of sp³-hybridized carbons (Fsp3) is 0.632. The first kappa shape index (κ1) is 21.0. The van der Waals surface area contributed by atoms with Crippen LogP contribution in [0.4, 0.5) is 10.5 Å². The maximum atomic E-state index is 12.5. The molecule has 1 aromatic rings. The van der Waals surface area contributed by atoms with Gasteiger partial charge in [-0.2, -0.15) is 0 Å². The first-order valence-electron chi connectivity index (χ1n) is 9.48. The van der Waals surface area contributed by atoms with E-state index >= 15 is 0 Å². The highest BCUT2D eigenvalue weighted by Gasteiger charge is 2.28. The molecule has 1 unspecified atom stereocenters. The summed E-state index contributed by atoms with van der Waals surface area (Å²) in [4.78, 5) is 33.7. The van der Waals surface area contributed by atoms with Crippen LogP contribution in [0.3, 0.4) is 0 Å². The Morgan fingerprint density at radius 1 is 1.37 bits per heavy atom. The predicted octanol–water partition coefficient (Wildman–Crippen LogP) is 1.56. The number of carbonyl (C=O) groups is 2. The zero-order chi connectivity index (χ0) is 20.0. The monoisotopic (exact) mass is 377 g/mol. The van der Waals surface area contributed by atoms with Crippen LogP contribution in [-0.4, -0.2) is 78.7 Å². The van der Waals surface area contributed by atoms with Crippen molar-refractivity contribution >= 4 is 17.7 Å². The van der Waals surface area contributed by atoms with Crippen molar-refractivity contribution in [3.8, 4) is 0 Å². The van der Waals surface area contributed by atoms with Crippen LogP contribution in [0.1, 0.15) is 37.7 Å². The van der Waals surface area contributed by atoms with Gasteiger partial charge in [-0.3, -0.25) is 4.79 Å². The van der Waals surface area contributed by atoms with E-state index in [1.165, 1.54) is 0 Å². The molecule has 0 radical (unpaired) electrons. The van der Waals surface area contributed by atoms with Crippen molar-refractivity contribution in [2.24, 2.45) is 5.73 Å². The summed E-state index contributed by atoms with van der Waals surface area (Å²) in [5.41, 5.74) is 6.35. The van der Waals surface area contributed by atoms with Gasteiger partial charge in [0.2, 0.25) is 0 Å². The summed E-state index contributed by atoms with van der Waals surface area (Å²) in [5, 5.41) is 0. The van der Waals surface area contributed by atoms with Crippen LogP contribution in [-0.2, 0) is 4.74 Å². The summed E-state index contributed by atoms with van der Waals surface area (Å²) in [7, 11) is 2.05. The largest absolute Gasteiger partial charge is 0.444 e. The van der Waals surface area contributed by atoms with E-state index in [9.17, 15) is 9.59 Å². The van der Waals surface area contributed by atoms with Crippen LogP contribution in [0.15, 0.2) is 18.3 Å². The Morgan fingerprint density at radius 2 is 2.11 bits per heavy atom. The molecule has 8 heteroatoms. The number of rotatable bonds is 8. The van der Waals surface area contributed by atoms with Crippen LogP contribution in [0.5, 0.6) is 0 Å². The summed E-state index contributed by atoms with van der Waals surface area (Å²) >= 11 is 0. The average Bonchev–Trinajstić information content (AvgIpc) is 3.10. The van der Waals surface area contributed by atoms with Gasteiger partial charge >= 0.3 is 6.09 Å². The fourth-order valence-electron chi connectivity index (χ4n) is 2.91. The number of likely N-dealkylation sites (N-methyl/N-ethyl adjacent to an activating group) is 2. The van der Waals surface area contributed by atoms with Gasteiger partial charge < -0.3 is 25.2 Å². The molecule has 8 nitrogen and oxygen atoms in total. The Balaban J connectivity index is 1.85. The number of primary amides is 1. The first-order chi connectivity index (χ1) is 12.8. The van der Waals surface area contributed by atoms with E-state index in [1.807, 2.05) is 13.0 Å². The van der Waals surface area contributed by atoms with Crippen LogP contribution < -0.4 is 10.6 Å². The number of nitrogens with two attached hydrogens (primary N) is 1. The van der Waals surface area contributed by atoms with Crippen molar-refractivity contribution in [2.75, 3.05) is 44.7 Å². The Bertz CT molecular complexity index is 635. The third-order valence-corrected chi connectivity index (χ3v) is 5.02. The van der Waals surface area contributed by atoms with Gasteiger partial charge in [0.1, 0.15) is 11.8 Å². The minimum absolute atomic E-state index is 0.148. The molecule has 27 heavy (non-hydrogen) atoms. The maximum Gasteiger partial charge on any atom is 0.410 e. The summed E-state index contributed by atoms with van der Waals surface area (Å²) in [5.74, 6) is -0.544. The van der Waals surface area contributed by atoms with E-state index in [2.05, 4.69) is 35.7 Å². The van der Waals surface area contributed by atoms with Gasteiger partial charge in [-0.25, -0.2) is 9.78 Å². The van der Waals surface area contributed by atoms with Crippen molar-refractivity contribution in [1.82, 2.24) is 14.8 Å². The molecule has 0 bridgehead atoms. The van der Waals surface area contributed by atoms with Crippen molar-refractivity contribution in [1.29, 1.82) is 0 Å². The SMILES string of the molecule is CCN(CCN(C)C(C)C)C(=O)OC1CCN(c2ccc(C(N)=O)nc2)C1. The highest BCUT2D eigenvalue weighted by atomic mass is 16.6. The predicted molar refractivity (Wildman–Crippen MR) is 105 cm³/mol. The average molecular weight is 377 g/mol. The molecule has 0 saturated carbocycles. The molecule has 0 spiro atoms. The number of carbonyl (C=O) groups excluding carboxylic acids is 2. The van der Waals surface area contributed by atoms with Crippen LogP contribution in [0.2, 0.25) is 0 Å².